The monoisotopic (exact) mass is 356 g/mol. The molecule has 0 spiro atoms. The number of cyclic esters (lactones) is 1. The highest BCUT2D eigenvalue weighted by atomic mass is 32.1. The second-order valence-corrected chi connectivity index (χ2v) is 6.68. The van der Waals surface area contributed by atoms with Crippen LogP contribution in [0.4, 0.5) is 5.13 Å². The molecule has 1 aliphatic rings. The highest BCUT2D eigenvalue weighted by Gasteiger charge is 2.35. The van der Waals surface area contributed by atoms with Crippen molar-refractivity contribution in [2.45, 2.75) is 51.6 Å². The fraction of sp³-hybridized carbons (Fsp3) is 0.643. The minimum atomic E-state index is -0.383. The molecule has 2 heterocycles. The molecule has 0 aromatic carbocycles. The van der Waals surface area contributed by atoms with Crippen molar-refractivity contribution in [3.8, 4) is 0 Å². The number of carbonyl (C=O) groups is 2. The molecule has 1 aliphatic heterocycles. The highest BCUT2D eigenvalue weighted by molar-refractivity contribution is 7.80. The number of aromatic nitrogens is 2. The van der Waals surface area contributed by atoms with Crippen LogP contribution in [0.1, 0.15) is 45.4 Å². The van der Waals surface area contributed by atoms with Gasteiger partial charge < -0.3 is 15.4 Å². The Hall–Kier alpha value is -1.61. The van der Waals surface area contributed by atoms with Gasteiger partial charge in [-0.25, -0.2) is 0 Å². The number of amides is 1. The summed E-state index contributed by atoms with van der Waals surface area (Å²) in [7, 11) is 0. The molecule has 9 heteroatoms. The van der Waals surface area contributed by atoms with Gasteiger partial charge in [-0.2, -0.15) is 0 Å². The summed E-state index contributed by atoms with van der Waals surface area (Å²) in [5, 5.41) is 13.4. The lowest BCUT2D eigenvalue weighted by Gasteiger charge is -2.09. The molecule has 126 valence electrons. The predicted octanol–water partition coefficient (Wildman–Crippen LogP) is 2.25. The summed E-state index contributed by atoms with van der Waals surface area (Å²) in [6, 6.07) is 0. The minimum Gasteiger partial charge on any atom is -0.462 e. The van der Waals surface area contributed by atoms with Crippen molar-refractivity contribution in [2.75, 3.05) is 5.32 Å². The third-order valence-electron chi connectivity index (χ3n) is 3.56. The lowest BCUT2D eigenvalue weighted by molar-refractivity contribution is -0.145. The lowest BCUT2D eigenvalue weighted by atomic mass is 9.98. The molecular formula is C14H20N4O3S2. The summed E-state index contributed by atoms with van der Waals surface area (Å²) in [4.78, 5) is 23.8. The van der Waals surface area contributed by atoms with Crippen LogP contribution in [0, 0.1) is 5.92 Å². The van der Waals surface area contributed by atoms with Gasteiger partial charge in [-0.15, -0.1) is 10.2 Å². The summed E-state index contributed by atoms with van der Waals surface area (Å²) in [6.07, 6.45) is 4.81. The quantitative estimate of drug-likeness (QED) is 0.440. The Balaban J connectivity index is 1.72. The third kappa shape index (κ3) is 5.83. The van der Waals surface area contributed by atoms with Gasteiger partial charge in [0.1, 0.15) is 11.6 Å². The summed E-state index contributed by atoms with van der Waals surface area (Å²) < 4.78 is 5.33. The van der Waals surface area contributed by atoms with Crippen molar-refractivity contribution >= 4 is 45.7 Å². The minimum absolute atomic E-state index is 0.0571. The van der Waals surface area contributed by atoms with Gasteiger partial charge in [0, 0.05) is 6.42 Å². The maximum atomic E-state index is 12.0. The average Bonchev–Trinajstić information content (AvgIpc) is 3.10. The topological polar surface area (TPSA) is 93.2 Å². The van der Waals surface area contributed by atoms with Crippen molar-refractivity contribution in [2.24, 2.45) is 5.92 Å². The first-order valence-corrected chi connectivity index (χ1v) is 8.94. The number of thiocarbonyl (C=S) groups is 1. The fourth-order valence-corrected chi connectivity index (χ4v) is 3.17. The summed E-state index contributed by atoms with van der Waals surface area (Å²) in [5.41, 5.74) is 1.56. The Bertz CT molecular complexity index is 550. The van der Waals surface area contributed by atoms with Crippen LogP contribution in [-0.2, 0) is 14.3 Å². The van der Waals surface area contributed by atoms with Crippen LogP contribution >= 0.6 is 23.6 Å². The van der Waals surface area contributed by atoms with Gasteiger partial charge in [0.15, 0.2) is 5.11 Å². The van der Waals surface area contributed by atoms with Gasteiger partial charge in [0.05, 0.1) is 5.92 Å². The van der Waals surface area contributed by atoms with E-state index in [0.29, 0.717) is 11.6 Å². The normalized spacial score (nSPS) is 20.1. The molecule has 2 atom stereocenters. The number of carbonyl (C=O) groups excluding carboxylic acids is 2. The molecule has 0 aliphatic carbocycles. The average molecular weight is 356 g/mol. The van der Waals surface area contributed by atoms with Crippen LogP contribution in [0.25, 0.3) is 0 Å². The van der Waals surface area contributed by atoms with Gasteiger partial charge in [-0.1, -0.05) is 31.1 Å². The maximum absolute atomic E-state index is 12.0. The van der Waals surface area contributed by atoms with Gasteiger partial charge in [-0.05, 0) is 31.5 Å². The molecule has 2 rings (SSSR count). The zero-order valence-corrected chi connectivity index (χ0v) is 14.5. The first-order valence-electron chi connectivity index (χ1n) is 7.66. The van der Waals surface area contributed by atoms with Crippen molar-refractivity contribution in [1.82, 2.24) is 15.5 Å². The summed E-state index contributed by atoms with van der Waals surface area (Å²) >= 11 is 6.30. The molecule has 2 N–H and O–H groups in total. The Morgan fingerprint density at radius 3 is 3.04 bits per heavy atom. The van der Waals surface area contributed by atoms with E-state index in [4.69, 9.17) is 17.0 Å². The van der Waals surface area contributed by atoms with E-state index in [2.05, 4.69) is 27.8 Å². The van der Waals surface area contributed by atoms with Gasteiger partial charge in [0.2, 0.25) is 11.0 Å². The molecule has 0 radical (unpaired) electrons. The standard InChI is InChI=1S/C14H20N4O3S2/c1-2-3-4-5-10-6-9(12(20)21-10)7-11(19)16-13(22)17-14-18-15-8-23-14/h8-10H,2-7H2,1H3,(H2,16,17,18,19,22)/t9-,10-/m0/s1. The number of esters is 1. The van der Waals surface area contributed by atoms with Crippen LogP contribution in [0.15, 0.2) is 5.51 Å². The van der Waals surface area contributed by atoms with Crippen LogP contribution in [0.5, 0.6) is 0 Å². The van der Waals surface area contributed by atoms with Crippen LogP contribution < -0.4 is 10.6 Å². The van der Waals surface area contributed by atoms with E-state index in [1.165, 1.54) is 11.3 Å². The molecule has 1 aromatic rings. The van der Waals surface area contributed by atoms with Crippen LogP contribution in [0.2, 0.25) is 0 Å². The number of rotatable bonds is 7. The smallest absolute Gasteiger partial charge is 0.309 e. The largest absolute Gasteiger partial charge is 0.462 e. The Morgan fingerprint density at radius 1 is 1.52 bits per heavy atom. The lowest BCUT2D eigenvalue weighted by Crippen LogP contribution is -2.35. The van der Waals surface area contributed by atoms with Gasteiger partial charge in [-0.3, -0.25) is 9.59 Å². The van der Waals surface area contributed by atoms with E-state index in [1.807, 2.05) is 0 Å². The molecular weight excluding hydrogens is 336 g/mol. The van der Waals surface area contributed by atoms with E-state index < -0.39 is 0 Å². The fourth-order valence-electron chi connectivity index (χ4n) is 2.44. The first kappa shape index (κ1) is 17.7. The molecule has 1 amide bonds. The van der Waals surface area contributed by atoms with Crippen molar-refractivity contribution in [3.63, 3.8) is 0 Å². The SMILES string of the molecule is CCCCC[C@H]1C[C@@H](CC(=O)NC(=S)Nc2nncs2)C(=O)O1. The number of hydrogen-bond acceptors (Lipinski definition) is 7. The first-order chi connectivity index (χ1) is 11.1. The Morgan fingerprint density at radius 2 is 2.35 bits per heavy atom. The second-order valence-electron chi connectivity index (χ2n) is 5.44. The summed E-state index contributed by atoms with van der Waals surface area (Å²) in [5.74, 6) is -0.973. The molecule has 1 saturated heterocycles. The van der Waals surface area contributed by atoms with Crippen molar-refractivity contribution in [3.05, 3.63) is 5.51 Å². The number of hydrogen-bond donors (Lipinski definition) is 2. The van der Waals surface area contributed by atoms with Gasteiger partial charge in [0.25, 0.3) is 0 Å². The second kappa shape index (κ2) is 8.88. The molecule has 0 saturated carbocycles. The van der Waals surface area contributed by atoms with E-state index in [9.17, 15) is 9.59 Å². The van der Waals surface area contributed by atoms with Crippen LogP contribution in [0.3, 0.4) is 0 Å². The Kier molecular flexibility index (Phi) is 6.85. The predicted molar refractivity (Wildman–Crippen MR) is 91.0 cm³/mol. The number of anilines is 1. The Labute approximate surface area is 144 Å². The zero-order chi connectivity index (χ0) is 16.7. The maximum Gasteiger partial charge on any atom is 0.309 e. The van der Waals surface area contributed by atoms with Crippen molar-refractivity contribution in [1.29, 1.82) is 0 Å². The number of unbranched alkanes of at least 4 members (excludes halogenated alkanes) is 2. The number of nitrogens with one attached hydrogen (secondary N) is 2. The molecule has 1 aromatic heterocycles. The molecule has 0 bridgehead atoms. The molecule has 7 nitrogen and oxygen atoms in total. The summed E-state index contributed by atoms with van der Waals surface area (Å²) in [6.45, 7) is 2.13. The van der Waals surface area contributed by atoms with E-state index in [-0.39, 0.29) is 35.4 Å². The van der Waals surface area contributed by atoms with E-state index >= 15 is 0 Å². The van der Waals surface area contributed by atoms with E-state index in [1.54, 1.807) is 5.51 Å². The number of nitrogens with zero attached hydrogens (tertiary/aromatic N) is 2. The van der Waals surface area contributed by atoms with Gasteiger partial charge >= 0.3 is 5.97 Å². The van der Waals surface area contributed by atoms with Crippen molar-refractivity contribution < 1.29 is 14.3 Å². The van der Waals surface area contributed by atoms with E-state index in [0.717, 1.165) is 25.7 Å². The highest BCUT2D eigenvalue weighted by Crippen LogP contribution is 2.27. The third-order valence-corrected chi connectivity index (χ3v) is 4.37. The molecule has 0 unspecified atom stereocenters. The molecule has 1 fully saturated rings. The van der Waals surface area contributed by atoms with Crippen LogP contribution in [-0.4, -0.2) is 33.3 Å². The molecule has 23 heavy (non-hydrogen) atoms. The zero-order valence-electron chi connectivity index (χ0n) is 12.9. The number of ether oxygens (including phenoxy) is 1.